The van der Waals surface area contributed by atoms with Crippen molar-refractivity contribution in [1.29, 1.82) is 0 Å². The molecule has 0 aromatic heterocycles. The number of allylic oxidation sites excluding steroid dienone is 8. The molecule has 0 spiro atoms. The molecule has 1 fully saturated rings. The summed E-state index contributed by atoms with van der Waals surface area (Å²) in [7, 11) is -16.6. The lowest BCUT2D eigenvalue weighted by Gasteiger charge is -2.44. The molecule has 67 heavy (non-hydrogen) atoms. The van der Waals surface area contributed by atoms with Gasteiger partial charge in [-0.15, -0.1) is 0 Å². The fraction of sp³-hybridized carbons (Fsp3) is 0.778. The number of unbranched alkanes of at least 4 members (excludes halogenated alkanes) is 16. The number of hydrogen-bond donors (Lipinski definition) is 8. The number of rotatable bonds is 40. The summed E-state index contributed by atoms with van der Waals surface area (Å²) in [5, 5.41) is 31.9. The summed E-state index contributed by atoms with van der Waals surface area (Å²) in [6, 6.07) is 0. The number of carbonyl (C=O) groups is 2. The van der Waals surface area contributed by atoms with Gasteiger partial charge in [0.15, 0.2) is 6.10 Å². The van der Waals surface area contributed by atoms with E-state index in [-0.39, 0.29) is 12.8 Å². The summed E-state index contributed by atoms with van der Waals surface area (Å²) in [4.78, 5) is 73.1. The Morgan fingerprint density at radius 1 is 0.478 bits per heavy atom. The molecular weight excluding hydrogens is 937 g/mol. The van der Waals surface area contributed by atoms with Crippen LogP contribution < -0.4 is 0 Å². The fourth-order valence-electron chi connectivity index (χ4n) is 7.05. The van der Waals surface area contributed by atoms with Crippen LogP contribution in [0.25, 0.3) is 0 Å². The molecule has 0 aromatic rings. The highest BCUT2D eigenvalue weighted by molar-refractivity contribution is 7.47. The van der Waals surface area contributed by atoms with E-state index in [9.17, 15) is 63.1 Å². The number of ether oxygens (including phenoxy) is 2. The minimum atomic E-state index is -5.61. The van der Waals surface area contributed by atoms with Gasteiger partial charge in [-0.25, -0.2) is 13.7 Å². The number of esters is 2. The molecule has 0 radical (unpaired) electrons. The predicted molar refractivity (Wildman–Crippen MR) is 252 cm³/mol. The van der Waals surface area contributed by atoms with Gasteiger partial charge in [-0.05, 0) is 51.4 Å². The minimum absolute atomic E-state index is 0.0698. The van der Waals surface area contributed by atoms with E-state index in [0.29, 0.717) is 25.7 Å². The zero-order valence-electron chi connectivity index (χ0n) is 39.5. The normalized spacial score (nSPS) is 22.0. The lowest BCUT2D eigenvalue weighted by molar-refractivity contribution is -0.213. The summed E-state index contributed by atoms with van der Waals surface area (Å²) >= 11 is 0. The van der Waals surface area contributed by atoms with Crippen molar-refractivity contribution in [2.75, 3.05) is 13.2 Å². The zero-order chi connectivity index (χ0) is 50.0. The van der Waals surface area contributed by atoms with E-state index < -0.39 is 91.3 Å². The van der Waals surface area contributed by atoms with E-state index in [1.807, 2.05) is 18.2 Å². The molecule has 22 heteroatoms. The molecular formula is C45H81O19P3. The topological polar surface area (TPSA) is 303 Å². The maximum atomic E-state index is 13.1. The lowest BCUT2D eigenvalue weighted by Crippen LogP contribution is -2.65. The highest BCUT2D eigenvalue weighted by Gasteiger charge is 2.56. The van der Waals surface area contributed by atoms with Crippen LogP contribution in [0.15, 0.2) is 48.6 Å². The molecule has 0 bridgehead atoms. The van der Waals surface area contributed by atoms with Gasteiger partial charge in [-0.1, -0.05) is 152 Å². The van der Waals surface area contributed by atoms with Gasteiger partial charge in [0.2, 0.25) is 0 Å². The van der Waals surface area contributed by atoms with Crippen LogP contribution in [0.1, 0.15) is 168 Å². The van der Waals surface area contributed by atoms with Gasteiger partial charge in [-0.3, -0.25) is 27.7 Å². The largest absolute Gasteiger partial charge is 0.472 e. The third-order valence-electron chi connectivity index (χ3n) is 10.6. The Bertz CT molecular complexity index is 1590. The SMILES string of the molecule is CCCCCC=CCC=CCC=CCC=CCCCC(=O)OC(COC(=O)CCCCCCCCCCCCCCC)COP(=O)(O)OC1C(O)C(O)C(OP(=O)(O)O)C(OP(=O)(O)O)C1O. The first-order chi connectivity index (χ1) is 31.8. The Hall–Kier alpha value is -1.89. The minimum Gasteiger partial charge on any atom is -0.462 e. The van der Waals surface area contributed by atoms with Crippen molar-refractivity contribution < 1.29 is 90.6 Å². The molecule has 0 aromatic carbocycles. The van der Waals surface area contributed by atoms with E-state index in [0.717, 1.165) is 44.9 Å². The Morgan fingerprint density at radius 2 is 0.881 bits per heavy atom. The summed E-state index contributed by atoms with van der Waals surface area (Å²) < 4.78 is 65.4. The van der Waals surface area contributed by atoms with Crippen molar-refractivity contribution in [3.8, 4) is 0 Å². The molecule has 8 N–H and O–H groups in total. The molecule has 0 aliphatic heterocycles. The van der Waals surface area contributed by atoms with Crippen molar-refractivity contribution in [2.45, 2.75) is 211 Å². The van der Waals surface area contributed by atoms with Crippen molar-refractivity contribution >= 4 is 35.4 Å². The highest BCUT2D eigenvalue weighted by Crippen LogP contribution is 2.51. The van der Waals surface area contributed by atoms with Crippen LogP contribution in [0.3, 0.4) is 0 Å². The zero-order valence-corrected chi connectivity index (χ0v) is 42.1. The first-order valence-electron chi connectivity index (χ1n) is 23.9. The second-order valence-corrected chi connectivity index (χ2v) is 20.5. The summed E-state index contributed by atoms with van der Waals surface area (Å²) in [6.45, 7) is 2.87. The maximum Gasteiger partial charge on any atom is 0.472 e. The van der Waals surface area contributed by atoms with Crippen LogP contribution in [0.5, 0.6) is 0 Å². The van der Waals surface area contributed by atoms with Crippen LogP contribution in [0.2, 0.25) is 0 Å². The van der Waals surface area contributed by atoms with Crippen LogP contribution in [0, 0.1) is 0 Å². The molecule has 0 amide bonds. The molecule has 1 saturated carbocycles. The fourth-order valence-corrected chi connectivity index (χ4v) is 9.14. The molecule has 390 valence electrons. The molecule has 1 rings (SSSR count). The van der Waals surface area contributed by atoms with Crippen LogP contribution >= 0.6 is 23.5 Å². The smallest absolute Gasteiger partial charge is 0.462 e. The van der Waals surface area contributed by atoms with Crippen molar-refractivity contribution in [3.05, 3.63) is 48.6 Å². The highest BCUT2D eigenvalue weighted by atomic mass is 31.2. The van der Waals surface area contributed by atoms with Gasteiger partial charge in [0.05, 0.1) is 6.61 Å². The van der Waals surface area contributed by atoms with Gasteiger partial charge in [0.25, 0.3) is 0 Å². The Balaban J connectivity index is 2.78. The Kier molecular flexibility index (Phi) is 34.8. The van der Waals surface area contributed by atoms with Crippen molar-refractivity contribution in [2.24, 2.45) is 0 Å². The maximum absolute atomic E-state index is 13.1. The standard InChI is InChI=1S/C45H81O19P3/c1-3-5-7-9-11-13-15-17-18-19-20-22-24-26-28-30-32-34-39(47)61-37(35-59-38(46)33-31-29-27-25-23-21-16-14-12-10-8-6-4-2)36-60-67(57,58)64-43-40(48)41(49)44(62-65(51,52)53)45(42(43)50)63-66(54,55)56/h11,13,17-18,20,22,26,28,37,40-45,48-50H,3-10,12,14-16,19,21,23-25,27,29-36H2,1-2H3,(H,57,58)(H2,51,52,53)(H2,54,55,56). The summed E-state index contributed by atoms with van der Waals surface area (Å²) in [5.74, 6) is -1.36. The quantitative estimate of drug-likeness (QED) is 0.0123. The monoisotopic (exact) mass is 1020 g/mol. The molecule has 19 nitrogen and oxygen atoms in total. The van der Waals surface area contributed by atoms with Gasteiger partial charge in [0.1, 0.15) is 43.2 Å². The van der Waals surface area contributed by atoms with Crippen molar-refractivity contribution in [1.82, 2.24) is 0 Å². The van der Waals surface area contributed by atoms with Crippen LogP contribution in [-0.2, 0) is 50.9 Å². The number of phosphoric ester groups is 3. The van der Waals surface area contributed by atoms with Gasteiger partial charge in [0, 0.05) is 12.8 Å². The van der Waals surface area contributed by atoms with E-state index in [4.69, 9.17) is 18.5 Å². The van der Waals surface area contributed by atoms with E-state index >= 15 is 0 Å². The third-order valence-corrected chi connectivity index (χ3v) is 12.7. The number of phosphoric acid groups is 3. The molecule has 8 atom stereocenters. The lowest BCUT2D eigenvalue weighted by atomic mass is 9.85. The Morgan fingerprint density at radius 3 is 1.37 bits per heavy atom. The molecule has 0 heterocycles. The van der Waals surface area contributed by atoms with Gasteiger partial charge < -0.3 is 49.3 Å². The number of hydrogen-bond acceptors (Lipinski definition) is 14. The number of aliphatic hydroxyl groups is 3. The molecule has 8 unspecified atom stereocenters. The van der Waals surface area contributed by atoms with E-state index in [2.05, 4.69) is 53.3 Å². The van der Waals surface area contributed by atoms with E-state index in [1.54, 1.807) is 0 Å². The third kappa shape index (κ3) is 33.4. The summed E-state index contributed by atoms with van der Waals surface area (Å²) in [5.41, 5.74) is 0. The molecule has 0 saturated heterocycles. The van der Waals surface area contributed by atoms with E-state index in [1.165, 1.54) is 70.6 Å². The van der Waals surface area contributed by atoms with Crippen LogP contribution in [-0.4, -0.2) is 108 Å². The van der Waals surface area contributed by atoms with Gasteiger partial charge in [-0.2, -0.15) is 0 Å². The number of aliphatic hydroxyl groups excluding tert-OH is 3. The molecule has 1 aliphatic rings. The second-order valence-electron chi connectivity index (χ2n) is 16.7. The first kappa shape index (κ1) is 63.1. The summed E-state index contributed by atoms with van der Waals surface area (Å²) in [6.07, 6.45) is 22.8. The van der Waals surface area contributed by atoms with Crippen molar-refractivity contribution in [3.63, 3.8) is 0 Å². The second kappa shape index (κ2) is 37.0. The molecule has 1 aliphatic carbocycles. The average Bonchev–Trinajstić information content (AvgIpc) is 3.25. The van der Waals surface area contributed by atoms with Crippen LogP contribution in [0.4, 0.5) is 0 Å². The van der Waals surface area contributed by atoms with Gasteiger partial charge >= 0.3 is 35.4 Å². The predicted octanol–water partition coefficient (Wildman–Crippen LogP) is 8.62. The number of carbonyl (C=O) groups excluding carboxylic acids is 2. The first-order valence-corrected chi connectivity index (χ1v) is 28.5. The Labute approximate surface area is 397 Å². The average molecular weight is 1020 g/mol.